The number of hydrogen-bond donors (Lipinski definition) is 5. The van der Waals surface area contributed by atoms with E-state index < -0.39 is 54.2 Å². The number of nitrogens with zero attached hydrogens (tertiary/aromatic N) is 1. The van der Waals surface area contributed by atoms with Crippen LogP contribution < -0.4 is 25.5 Å². The fourth-order valence-electron chi connectivity index (χ4n) is 3.03. The van der Waals surface area contributed by atoms with Crippen molar-refractivity contribution in [3.63, 3.8) is 0 Å². The number of halogens is 1. The van der Waals surface area contributed by atoms with Crippen LogP contribution in [0.1, 0.15) is 16.6 Å². The second-order valence-corrected chi connectivity index (χ2v) is 6.56. The van der Waals surface area contributed by atoms with Crippen LogP contribution in [0.2, 0.25) is 0 Å². The summed E-state index contributed by atoms with van der Waals surface area (Å²) in [7, 11) is 4.27. The number of aromatic carboxylic acids is 1. The summed E-state index contributed by atoms with van der Waals surface area (Å²) in [6.45, 7) is -0.574. The third kappa shape index (κ3) is 5.31. The first kappa shape index (κ1) is 25.8. The molecule has 5 N–H and O–H groups in total. The Balaban J connectivity index is 0.000000238. The number of aliphatic hydroxyl groups excluding tert-OH is 3. The lowest BCUT2D eigenvalue weighted by Gasteiger charge is -2.16. The normalized spacial score (nSPS) is 21.7. The number of benzene rings is 1. The van der Waals surface area contributed by atoms with Gasteiger partial charge in [0, 0.05) is 0 Å². The molecule has 1 aliphatic heterocycles. The Hall–Kier alpha value is -3.46. The Morgan fingerprint density at radius 2 is 1.76 bits per heavy atom. The van der Waals surface area contributed by atoms with Crippen molar-refractivity contribution in [3.8, 4) is 17.2 Å². The number of rotatable bonds is 6. The first-order chi connectivity index (χ1) is 15.6. The molecule has 2 aromatic rings. The zero-order valence-corrected chi connectivity index (χ0v) is 17.7. The molecule has 0 spiro atoms. The molecule has 33 heavy (non-hydrogen) atoms. The summed E-state index contributed by atoms with van der Waals surface area (Å²) in [5.41, 5.74) is -2.14. The zero-order valence-electron chi connectivity index (χ0n) is 17.7. The Bertz CT molecular complexity index is 1100. The molecule has 1 aromatic heterocycles. The van der Waals surface area contributed by atoms with Gasteiger partial charge >= 0.3 is 11.7 Å². The molecule has 0 radical (unpaired) electrons. The van der Waals surface area contributed by atoms with Crippen molar-refractivity contribution in [3.05, 3.63) is 50.5 Å². The quantitative estimate of drug-likeness (QED) is 0.334. The fourth-order valence-corrected chi connectivity index (χ4v) is 3.03. The summed E-state index contributed by atoms with van der Waals surface area (Å²) in [6.07, 6.45) is -4.84. The van der Waals surface area contributed by atoms with Crippen molar-refractivity contribution in [1.82, 2.24) is 9.55 Å². The van der Waals surface area contributed by atoms with Gasteiger partial charge in [0.25, 0.3) is 5.56 Å². The number of methoxy groups -OCH3 is 3. The summed E-state index contributed by atoms with van der Waals surface area (Å²) in [5.74, 6) is -1.44. The molecule has 0 saturated carbocycles. The van der Waals surface area contributed by atoms with E-state index >= 15 is 0 Å². The van der Waals surface area contributed by atoms with Crippen molar-refractivity contribution in [2.45, 2.75) is 24.5 Å². The minimum absolute atomic E-state index is 0.0372. The number of H-pyrrole nitrogens is 1. The predicted octanol–water partition coefficient (Wildman–Crippen LogP) is -1.30. The second kappa shape index (κ2) is 10.9. The second-order valence-electron chi connectivity index (χ2n) is 6.56. The molecule has 0 bridgehead atoms. The third-order valence-corrected chi connectivity index (χ3v) is 4.65. The highest BCUT2D eigenvalue weighted by Gasteiger charge is 2.43. The van der Waals surface area contributed by atoms with E-state index in [1.54, 1.807) is 4.98 Å². The van der Waals surface area contributed by atoms with Crippen LogP contribution >= 0.6 is 0 Å². The van der Waals surface area contributed by atoms with Gasteiger partial charge in [0.15, 0.2) is 17.7 Å². The number of hydrogen-bond acceptors (Lipinski definition) is 10. The van der Waals surface area contributed by atoms with Gasteiger partial charge in [-0.2, -0.15) is 4.39 Å². The highest BCUT2D eigenvalue weighted by Crippen LogP contribution is 2.39. The molecule has 4 atom stereocenters. The highest BCUT2D eigenvalue weighted by atomic mass is 19.1. The number of aromatic amines is 1. The van der Waals surface area contributed by atoms with Crippen molar-refractivity contribution >= 4 is 5.97 Å². The van der Waals surface area contributed by atoms with Crippen LogP contribution in [0.5, 0.6) is 17.2 Å². The Kier molecular flexibility index (Phi) is 8.53. The summed E-state index contributed by atoms with van der Waals surface area (Å²) < 4.78 is 33.7. The van der Waals surface area contributed by atoms with Crippen molar-refractivity contribution in [2.24, 2.45) is 0 Å². The average Bonchev–Trinajstić information content (AvgIpc) is 3.08. The monoisotopic (exact) mass is 474 g/mol. The number of aliphatic hydroxyl groups is 3. The van der Waals surface area contributed by atoms with E-state index in [0.717, 1.165) is 0 Å². The van der Waals surface area contributed by atoms with Gasteiger partial charge < -0.3 is 39.4 Å². The van der Waals surface area contributed by atoms with Gasteiger partial charge in [-0.1, -0.05) is 0 Å². The number of carboxylic acid groups (broad SMARTS) is 1. The van der Waals surface area contributed by atoms with Gasteiger partial charge in [0.05, 0.1) is 34.1 Å². The fraction of sp³-hybridized carbons (Fsp3) is 0.421. The van der Waals surface area contributed by atoms with Crippen LogP contribution in [0.15, 0.2) is 27.9 Å². The zero-order chi connectivity index (χ0) is 24.9. The maximum absolute atomic E-state index is 13.1. The van der Waals surface area contributed by atoms with E-state index in [-0.39, 0.29) is 17.1 Å². The molecular formula is C19H23FN2O11. The highest BCUT2D eigenvalue weighted by molar-refractivity contribution is 5.92. The van der Waals surface area contributed by atoms with Crippen LogP contribution in [0.3, 0.4) is 0 Å². The van der Waals surface area contributed by atoms with Gasteiger partial charge in [-0.3, -0.25) is 14.3 Å². The van der Waals surface area contributed by atoms with Crippen LogP contribution in [0.4, 0.5) is 4.39 Å². The number of carboxylic acids is 1. The SMILES string of the molecule is COc1ccc(C(=O)O)c(OC)c1OC.O=c1[nH]c(=O)n([C@@H]2O[C@H](CO)[C@@H](O)[C@H]2O)cc1F. The summed E-state index contributed by atoms with van der Waals surface area (Å²) >= 11 is 0. The van der Waals surface area contributed by atoms with E-state index in [0.29, 0.717) is 16.5 Å². The standard InChI is InChI=1S/C10H12O5.C9H11FN2O6/c1-13-7-5-4-6(10(11)12)8(14-2)9(7)15-3;10-3-1-12(9(17)11-7(3)16)8-6(15)5(14)4(2-13)18-8/h4-5H,1-3H3,(H,11,12);1,4-6,8,13-15H,2H2,(H,11,16,17)/t;4-,5-,6-,8-/m.1/s1. The summed E-state index contributed by atoms with van der Waals surface area (Å²) in [6, 6.07) is 2.92. The Morgan fingerprint density at radius 1 is 1.12 bits per heavy atom. The maximum Gasteiger partial charge on any atom is 0.339 e. The van der Waals surface area contributed by atoms with E-state index in [1.165, 1.54) is 33.5 Å². The minimum Gasteiger partial charge on any atom is -0.493 e. The van der Waals surface area contributed by atoms with E-state index in [2.05, 4.69) is 0 Å². The largest absolute Gasteiger partial charge is 0.493 e. The topological polar surface area (TPSA) is 190 Å². The van der Waals surface area contributed by atoms with E-state index in [9.17, 15) is 29.0 Å². The van der Waals surface area contributed by atoms with E-state index in [4.69, 9.17) is 29.2 Å². The van der Waals surface area contributed by atoms with Gasteiger partial charge in [-0.05, 0) is 12.1 Å². The predicted molar refractivity (Wildman–Crippen MR) is 107 cm³/mol. The molecule has 0 aliphatic carbocycles. The van der Waals surface area contributed by atoms with Crippen molar-refractivity contribution in [2.75, 3.05) is 27.9 Å². The minimum atomic E-state index is -1.52. The molecule has 14 heteroatoms. The average molecular weight is 474 g/mol. The summed E-state index contributed by atoms with van der Waals surface area (Å²) in [4.78, 5) is 34.8. The number of ether oxygens (including phenoxy) is 4. The van der Waals surface area contributed by atoms with Crippen molar-refractivity contribution in [1.29, 1.82) is 0 Å². The van der Waals surface area contributed by atoms with Crippen molar-refractivity contribution < 1.29 is 48.6 Å². The molecule has 1 saturated heterocycles. The lowest BCUT2D eigenvalue weighted by atomic mass is 10.1. The first-order valence-electron chi connectivity index (χ1n) is 9.26. The Labute approximate surface area is 185 Å². The van der Waals surface area contributed by atoms with E-state index in [1.807, 2.05) is 0 Å². The molecule has 1 fully saturated rings. The third-order valence-electron chi connectivity index (χ3n) is 4.65. The number of nitrogens with one attached hydrogen (secondary N) is 1. The van der Waals surface area contributed by atoms with Crippen LogP contribution in [0, 0.1) is 5.82 Å². The Morgan fingerprint density at radius 3 is 2.24 bits per heavy atom. The molecule has 1 aromatic carbocycles. The van der Waals surface area contributed by atoms with Gasteiger partial charge in [-0.15, -0.1) is 0 Å². The van der Waals surface area contributed by atoms with Crippen LogP contribution in [0.25, 0.3) is 0 Å². The van der Waals surface area contributed by atoms with Crippen LogP contribution in [-0.2, 0) is 4.74 Å². The van der Waals surface area contributed by atoms with Gasteiger partial charge in [0.1, 0.15) is 23.9 Å². The van der Waals surface area contributed by atoms with Gasteiger partial charge in [-0.25, -0.2) is 9.59 Å². The van der Waals surface area contributed by atoms with Crippen LogP contribution in [-0.4, -0.2) is 82.2 Å². The molecule has 13 nitrogen and oxygen atoms in total. The molecule has 3 rings (SSSR count). The molecule has 0 amide bonds. The molecule has 0 unspecified atom stereocenters. The number of carbonyl (C=O) groups is 1. The lowest BCUT2D eigenvalue weighted by Crippen LogP contribution is -2.38. The molecule has 1 aliphatic rings. The molecule has 182 valence electrons. The first-order valence-corrected chi connectivity index (χ1v) is 9.26. The summed E-state index contributed by atoms with van der Waals surface area (Å²) in [5, 5.41) is 36.9. The molecular weight excluding hydrogens is 451 g/mol. The lowest BCUT2D eigenvalue weighted by molar-refractivity contribution is -0.0554. The smallest absolute Gasteiger partial charge is 0.339 e. The molecule has 2 heterocycles. The van der Waals surface area contributed by atoms with Gasteiger partial charge in [0.2, 0.25) is 11.6 Å². The maximum atomic E-state index is 13.1. The number of aromatic nitrogens is 2.